The van der Waals surface area contributed by atoms with Crippen LogP contribution in [0.25, 0.3) is 0 Å². The van der Waals surface area contributed by atoms with Crippen LogP contribution in [0.15, 0.2) is 9.41 Å². The van der Waals surface area contributed by atoms with E-state index in [0.29, 0.717) is 11.8 Å². The Labute approximate surface area is 65.2 Å². The molecule has 1 atom stereocenters. The summed E-state index contributed by atoms with van der Waals surface area (Å²) < 4.78 is 5.35. The van der Waals surface area contributed by atoms with Gasteiger partial charge in [-0.15, -0.1) is 0 Å². The molecule has 0 N–H and O–H groups in total. The minimum absolute atomic E-state index is 0.481. The van der Waals surface area contributed by atoms with E-state index in [1.54, 1.807) is 0 Å². The van der Waals surface area contributed by atoms with Crippen LogP contribution in [0.4, 0.5) is 5.82 Å². The lowest BCUT2D eigenvalue weighted by molar-refractivity contribution is 0.461. The molecule has 3 heteroatoms. The molecule has 0 saturated heterocycles. The smallest absolute Gasteiger partial charge is 0.194 e. The van der Waals surface area contributed by atoms with E-state index in [1.807, 2.05) is 13.1 Å². The number of aliphatic imine (C=N–C) groups is 1. The van der Waals surface area contributed by atoms with E-state index in [4.69, 9.17) is 4.42 Å². The largest absolute Gasteiger partial charge is 0.444 e. The molecule has 1 aliphatic heterocycles. The van der Waals surface area contributed by atoms with E-state index in [1.165, 1.54) is 0 Å². The summed E-state index contributed by atoms with van der Waals surface area (Å²) >= 11 is 0. The van der Waals surface area contributed by atoms with Crippen molar-refractivity contribution in [3.63, 3.8) is 0 Å². The molecule has 2 rings (SSSR count). The molecule has 11 heavy (non-hydrogen) atoms. The zero-order valence-electron chi connectivity index (χ0n) is 6.66. The van der Waals surface area contributed by atoms with Crippen molar-refractivity contribution in [2.45, 2.75) is 20.3 Å². The number of fused-ring (bicyclic) bond motifs is 1. The van der Waals surface area contributed by atoms with Gasteiger partial charge in [-0.05, 0) is 5.92 Å². The van der Waals surface area contributed by atoms with Crippen LogP contribution in [-0.4, -0.2) is 11.2 Å². The van der Waals surface area contributed by atoms with Crippen molar-refractivity contribution >= 4 is 12.0 Å². The molecular weight excluding hydrogens is 140 g/mol. The van der Waals surface area contributed by atoms with Gasteiger partial charge in [0.05, 0.1) is 0 Å². The van der Waals surface area contributed by atoms with Gasteiger partial charge in [0, 0.05) is 19.6 Å². The van der Waals surface area contributed by atoms with Gasteiger partial charge in [0.15, 0.2) is 17.5 Å². The molecule has 0 aromatic carbocycles. The highest BCUT2D eigenvalue weighted by Crippen LogP contribution is 2.25. The predicted octanol–water partition coefficient (Wildman–Crippen LogP) is 1.88. The number of oxazole rings is 1. The molecule has 58 valence electrons. The Bertz CT molecular complexity index is 301. The molecule has 0 fully saturated rings. The van der Waals surface area contributed by atoms with Crippen molar-refractivity contribution in [2.75, 3.05) is 0 Å². The van der Waals surface area contributed by atoms with Crippen molar-refractivity contribution in [1.29, 1.82) is 0 Å². The Kier molecular flexibility index (Phi) is 1.31. The summed E-state index contributed by atoms with van der Waals surface area (Å²) in [6, 6.07) is 0. The first kappa shape index (κ1) is 6.58. The SMILES string of the molecule is Cc1nc2c(o1)CC(C)C=N2. The van der Waals surface area contributed by atoms with Crippen LogP contribution in [-0.2, 0) is 6.42 Å². The van der Waals surface area contributed by atoms with Gasteiger partial charge in [-0.2, -0.15) is 4.98 Å². The lowest BCUT2D eigenvalue weighted by atomic mass is 10.1. The fourth-order valence-corrected chi connectivity index (χ4v) is 1.24. The molecule has 1 aliphatic rings. The maximum atomic E-state index is 5.35. The summed E-state index contributed by atoms with van der Waals surface area (Å²) in [4.78, 5) is 8.29. The summed E-state index contributed by atoms with van der Waals surface area (Å²) in [7, 11) is 0. The second kappa shape index (κ2) is 2.19. The Morgan fingerprint density at radius 1 is 1.64 bits per heavy atom. The highest BCUT2D eigenvalue weighted by molar-refractivity contribution is 5.67. The minimum Gasteiger partial charge on any atom is -0.444 e. The Morgan fingerprint density at radius 3 is 3.27 bits per heavy atom. The topological polar surface area (TPSA) is 38.4 Å². The standard InChI is InChI=1S/C8H10N2O/c1-5-3-7-8(9-4-5)10-6(2)11-7/h4-5H,3H2,1-2H3. The quantitative estimate of drug-likeness (QED) is 0.566. The van der Waals surface area contributed by atoms with Crippen molar-refractivity contribution in [3.8, 4) is 0 Å². The molecule has 0 bridgehead atoms. The summed E-state index contributed by atoms with van der Waals surface area (Å²) in [6.45, 7) is 3.96. The number of aryl methyl sites for hydroxylation is 1. The second-order valence-corrected chi connectivity index (χ2v) is 2.94. The molecule has 0 amide bonds. The van der Waals surface area contributed by atoms with Crippen LogP contribution in [0.1, 0.15) is 18.6 Å². The van der Waals surface area contributed by atoms with Gasteiger partial charge in [0.2, 0.25) is 0 Å². The first-order valence-corrected chi connectivity index (χ1v) is 3.76. The number of hydrogen-bond acceptors (Lipinski definition) is 3. The monoisotopic (exact) mass is 150 g/mol. The Hall–Kier alpha value is -1.12. The van der Waals surface area contributed by atoms with E-state index in [9.17, 15) is 0 Å². The number of rotatable bonds is 0. The van der Waals surface area contributed by atoms with Crippen LogP contribution >= 0.6 is 0 Å². The highest BCUT2D eigenvalue weighted by Gasteiger charge is 2.16. The van der Waals surface area contributed by atoms with Crippen molar-refractivity contribution in [2.24, 2.45) is 10.9 Å². The normalized spacial score (nSPS) is 21.8. The Balaban J connectivity index is 2.44. The van der Waals surface area contributed by atoms with Crippen LogP contribution in [0.3, 0.4) is 0 Å². The summed E-state index contributed by atoms with van der Waals surface area (Å²) in [5.41, 5.74) is 0. The fourth-order valence-electron chi connectivity index (χ4n) is 1.24. The first-order valence-electron chi connectivity index (χ1n) is 3.76. The van der Waals surface area contributed by atoms with Crippen LogP contribution < -0.4 is 0 Å². The lowest BCUT2D eigenvalue weighted by Crippen LogP contribution is -2.04. The highest BCUT2D eigenvalue weighted by atomic mass is 16.4. The molecule has 1 aromatic rings. The zero-order valence-corrected chi connectivity index (χ0v) is 6.66. The Morgan fingerprint density at radius 2 is 2.45 bits per heavy atom. The average molecular weight is 150 g/mol. The van der Waals surface area contributed by atoms with E-state index in [0.717, 1.165) is 18.0 Å². The van der Waals surface area contributed by atoms with Gasteiger partial charge in [0.25, 0.3) is 0 Å². The van der Waals surface area contributed by atoms with Gasteiger partial charge < -0.3 is 4.42 Å². The summed E-state index contributed by atoms with van der Waals surface area (Å²) in [6.07, 6.45) is 2.85. The predicted molar refractivity (Wildman–Crippen MR) is 42.3 cm³/mol. The molecule has 0 radical (unpaired) electrons. The zero-order chi connectivity index (χ0) is 7.84. The third kappa shape index (κ3) is 1.06. The molecule has 0 aliphatic carbocycles. The van der Waals surface area contributed by atoms with Crippen molar-refractivity contribution < 1.29 is 4.42 Å². The molecule has 3 nitrogen and oxygen atoms in total. The first-order chi connectivity index (χ1) is 5.25. The van der Waals surface area contributed by atoms with Crippen molar-refractivity contribution in [1.82, 2.24) is 4.98 Å². The molecular formula is C8H10N2O. The van der Waals surface area contributed by atoms with E-state index in [2.05, 4.69) is 16.9 Å². The van der Waals surface area contributed by atoms with Gasteiger partial charge in [-0.1, -0.05) is 6.92 Å². The van der Waals surface area contributed by atoms with Crippen molar-refractivity contribution in [3.05, 3.63) is 11.7 Å². The van der Waals surface area contributed by atoms with Gasteiger partial charge in [-0.25, -0.2) is 4.99 Å². The van der Waals surface area contributed by atoms with E-state index < -0.39 is 0 Å². The lowest BCUT2D eigenvalue weighted by Gasteiger charge is -2.06. The van der Waals surface area contributed by atoms with Gasteiger partial charge in [0.1, 0.15) is 0 Å². The maximum absolute atomic E-state index is 5.35. The second-order valence-electron chi connectivity index (χ2n) is 2.94. The number of nitrogens with zero attached hydrogens (tertiary/aromatic N) is 2. The third-order valence-corrected chi connectivity index (χ3v) is 1.74. The molecule has 1 unspecified atom stereocenters. The minimum atomic E-state index is 0.481. The number of hydrogen-bond donors (Lipinski definition) is 0. The molecule has 1 aromatic heterocycles. The molecule has 0 spiro atoms. The summed E-state index contributed by atoms with van der Waals surface area (Å²) in [5, 5.41) is 0. The third-order valence-electron chi connectivity index (χ3n) is 1.74. The molecule has 0 saturated carbocycles. The van der Waals surface area contributed by atoms with E-state index >= 15 is 0 Å². The van der Waals surface area contributed by atoms with Gasteiger partial charge >= 0.3 is 0 Å². The molecule has 2 heterocycles. The maximum Gasteiger partial charge on any atom is 0.194 e. The average Bonchev–Trinajstić information content (AvgIpc) is 2.27. The van der Waals surface area contributed by atoms with Crippen LogP contribution in [0.5, 0.6) is 0 Å². The summed E-state index contributed by atoms with van der Waals surface area (Å²) in [5.74, 6) is 2.88. The fraction of sp³-hybridized carbons (Fsp3) is 0.500. The number of aromatic nitrogens is 1. The van der Waals surface area contributed by atoms with Gasteiger partial charge in [-0.3, -0.25) is 0 Å². The van der Waals surface area contributed by atoms with Crippen LogP contribution in [0, 0.1) is 12.8 Å². The van der Waals surface area contributed by atoms with Crippen LogP contribution in [0.2, 0.25) is 0 Å². The van der Waals surface area contributed by atoms with E-state index in [-0.39, 0.29) is 0 Å².